The van der Waals surface area contributed by atoms with Crippen LogP contribution >= 0.6 is 0 Å². The van der Waals surface area contributed by atoms with Crippen LogP contribution in [-0.2, 0) is 4.74 Å². The Labute approximate surface area is 87.2 Å². The Hall–Kier alpha value is -2.04. The minimum atomic E-state index is -0.634. The summed E-state index contributed by atoms with van der Waals surface area (Å²) in [6.45, 7) is 0.324. The largest absolute Gasteiger partial charge is 0.460 e. The van der Waals surface area contributed by atoms with E-state index in [1.54, 1.807) is 24.3 Å². The van der Waals surface area contributed by atoms with Crippen molar-refractivity contribution in [3.05, 3.63) is 35.9 Å². The molecule has 0 aliphatic heterocycles. The van der Waals surface area contributed by atoms with Crippen LogP contribution in [0, 0.1) is 0 Å². The lowest BCUT2D eigenvalue weighted by molar-refractivity contribution is 0.0510. The summed E-state index contributed by atoms with van der Waals surface area (Å²) >= 11 is 0. The van der Waals surface area contributed by atoms with Gasteiger partial charge in [0, 0.05) is 0 Å². The van der Waals surface area contributed by atoms with E-state index >= 15 is 0 Å². The number of amides is 2. The molecule has 0 fully saturated rings. The van der Waals surface area contributed by atoms with E-state index in [0.717, 1.165) is 0 Å². The van der Waals surface area contributed by atoms with Gasteiger partial charge in [-0.2, -0.15) is 0 Å². The molecule has 0 atom stereocenters. The number of esters is 1. The van der Waals surface area contributed by atoms with Gasteiger partial charge in [0.15, 0.2) is 0 Å². The number of ether oxygens (including phenoxy) is 1. The van der Waals surface area contributed by atoms with Crippen LogP contribution in [0.5, 0.6) is 0 Å². The van der Waals surface area contributed by atoms with E-state index in [4.69, 9.17) is 10.5 Å². The van der Waals surface area contributed by atoms with Gasteiger partial charge in [0.25, 0.3) is 0 Å². The van der Waals surface area contributed by atoms with Gasteiger partial charge in [-0.3, -0.25) is 0 Å². The highest BCUT2D eigenvalue weighted by Gasteiger charge is 2.04. The van der Waals surface area contributed by atoms with Crippen LogP contribution < -0.4 is 11.1 Å². The average Bonchev–Trinajstić information content (AvgIpc) is 2.25. The molecule has 2 amide bonds. The first-order chi connectivity index (χ1) is 7.20. The van der Waals surface area contributed by atoms with Crippen molar-refractivity contribution >= 4 is 12.0 Å². The molecule has 5 nitrogen and oxygen atoms in total. The van der Waals surface area contributed by atoms with Gasteiger partial charge < -0.3 is 15.8 Å². The molecule has 0 aromatic heterocycles. The molecule has 0 aliphatic rings. The van der Waals surface area contributed by atoms with E-state index in [1.807, 2.05) is 6.07 Å². The number of rotatable bonds is 4. The van der Waals surface area contributed by atoms with Crippen molar-refractivity contribution in [2.45, 2.75) is 0 Å². The van der Waals surface area contributed by atoms with Crippen LogP contribution in [0.15, 0.2) is 30.3 Å². The minimum absolute atomic E-state index is 0.108. The Morgan fingerprint density at radius 1 is 1.27 bits per heavy atom. The standard InChI is InChI=1S/C10H12N2O3/c11-10(14)12-6-7-15-9(13)8-4-2-1-3-5-8/h1-5H,6-7H2,(H3,11,12,14). The molecular formula is C10H12N2O3. The van der Waals surface area contributed by atoms with Crippen molar-refractivity contribution in [1.29, 1.82) is 0 Å². The molecule has 80 valence electrons. The van der Waals surface area contributed by atoms with Crippen molar-refractivity contribution in [2.24, 2.45) is 5.73 Å². The second kappa shape index (κ2) is 5.64. The summed E-state index contributed by atoms with van der Waals surface area (Å²) in [5.41, 5.74) is 5.31. The van der Waals surface area contributed by atoms with Crippen LogP contribution in [0.4, 0.5) is 4.79 Å². The summed E-state index contributed by atoms with van der Waals surface area (Å²) in [5, 5.41) is 2.31. The third-order valence-electron chi connectivity index (χ3n) is 1.64. The van der Waals surface area contributed by atoms with E-state index in [9.17, 15) is 9.59 Å². The second-order valence-electron chi connectivity index (χ2n) is 2.79. The Morgan fingerprint density at radius 2 is 1.93 bits per heavy atom. The number of urea groups is 1. The monoisotopic (exact) mass is 208 g/mol. The van der Waals surface area contributed by atoms with Gasteiger partial charge in [-0.25, -0.2) is 9.59 Å². The zero-order chi connectivity index (χ0) is 11.1. The number of nitrogens with one attached hydrogen (secondary N) is 1. The van der Waals surface area contributed by atoms with Crippen LogP contribution in [-0.4, -0.2) is 25.2 Å². The van der Waals surface area contributed by atoms with Gasteiger partial charge in [-0.1, -0.05) is 18.2 Å². The van der Waals surface area contributed by atoms with Crippen molar-refractivity contribution in [3.8, 4) is 0 Å². The molecule has 0 saturated carbocycles. The van der Waals surface area contributed by atoms with Crippen LogP contribution in [0.25, 0.3) is 0 Å². The predicted molar refractivity (Wildman–Crippen MR) is 54.3 cm³/mol. The Morgan fingerprint density at radius 3 is 2.53 bits per heavy atom. The fourth-order valence-corrected chi connectivity index (χ4v) is 0.976. The number of primary amides is 1. The van der Waals surface area contributed by atoms with E-state index in [1.165, 1.54) is 0 Å². The lowest BCUT2D eigenvalue weighted by Crippen LogP contribution is -2.32. The van der Waals surface area contributed by atoms with E-state index in [-0.39, 0.29) is 13.2 Å². The molecule has 0 bridgehead atoms. The first-order valence-corrected chi connectivity index (χ1v) is 4.45. The zero-order valence-electron chi connectivity index (χ0n) is 8.10. The normalized spacial score (nSPS) is 9.33. The van der Waals surface area contributed by atoms with Gasteiger partial charge in [-0.05, 0) is 12.1 Å². The highest BCUT2D eigenvalue weighted by Crippen LogP contribution is 2.00. The lowest BCUT2D eigenvalue weighted by atomic mass is 10.2. The Balaban J connectivity index is 2.28. The maximum absolute atomic E-state index is 11.3. The molecule has 0 unspecified atom stereocenters. The smallest absolute Gasteiger partial charge is 0.338 e. The molecule has 0 saturated heterocycles. The molecule has 15 heavy (non-hydrogen) atoms. The third kappa shape index (κ3) is 4.12. The zero-order valence-corrected chi connectivity index (χ0v) is 8.10. The SMILES string of the molecule is NC(=O)NCCOC(=O)c1ccccc1. The number of nitrogens with two attached hydrogens (primary N) is 1. The number of carbonyl (C=O) groups excluding carboxylic acids is 2. The topological polar surface area (TPSA) is 81.4 Å². The molecule has 0 aliphatic carbocycles. The van der Waals surface area contributed by atoms with Gasteiger partial charge in [0.1, 0.15) is 6.61 Å². The molecule has 0 spiro atoms. The van der Waals surface area contributed by atoms with Crippen molar-refractivity contribution < 1.29 is 14.3 Å². The fourth-order valence-electron chi connectivity index (χ4n) is 0.976. The second-order valence-corrected chi connectivity index (χ2v) is 2.79. The Kier molecular flexibility index (Phi) is 4.15. The van der Waals surface area contributed by atoms with Gasteiger partial charge >= 0.3 is 12.0 Å². The fraction of sp³-hybridized carbons (Fsp3) is 0.200. The summed E-state index contributed by atoms with van der Waals surface area (Å²) in [7, 11) is 0. The highest BCUT2D eigenvalue weighted by molar-refractivity contribution is 5.89. The van der Waals surface area contributed by atoms with E-state index in [2.05, 4.69) is 5.32 Å². The van der Waals surface area contributed by atoms with E-state index in [0.29, 0.717) is 5.56 Å². The minimum Gasteiger partial charge on any atom is -0.460 e. The molecule has 5 heteroatoms. The van der Waals surface area contributed by atoms with Gasteiger partial charge in [0.05, 0.1) is 12.1 Å². The van der Waals surface area contributed by atoms with Crippen LogP contribution in [0.3, 0.4) is 0 Å². The number of hydrogen-bond acceptors (Lipinski definition) is 3. The van der Waals surface area contributed by atoms with Crippen molar-refractivity contribution in [2.75, 3.05) is 13.2 Å². The molecule has 3 N–H and O–H groups in total. The Bertz CT molecular complexity index is 338. The molecule has 1 rings (SSSR count). The summed E-state index contributed by atoms with van der Waals surface area (Å²) in [6.07, 6.45) is 0. The molecule has 1 aromatic carbocycles. The average molecular weight is 208 g/mol. The molecule has 0 radical (unpaired) electrons. The maximum Gasteiger partial charge on any atom is 0.338 e. The molecule has 0 heterocycles. The molecular weight excluding hydrogens is 196 g/mol. The summed E-state index contributed by atoms with van der Waals surface area (Å²) < 4.78 is 4.87. The lowest BCUT2D eigenvalue weighted by Gasteiger charge is -2.04. The van der Waals surface area contributed by atoms with Crippen molar-refractivity contribution in [3.63, 3.8) is 0 Å². The number of carbonyl (C=O) groups is 2. The quantitative estimate of drug-likeness (QED) is 0.558. The van der Waals surface area contributed by atoms with Crippen LogP contribution in [0.2, 0.25) is 0 Å². The first-order valence-electron chi connectivity index (χ1n) is 4.45. The van der Waals surface area contributed by atoms with Crippen LogP contribution in [0.1, 0.15) is 10.4 Å². The van der Waals surface area contributed by atoms with Gasteiger partial charge in [0.2, 0.25) is 0 Å². The maximum atomic E-state index is 11.3. The first kappa shape index (κ1) is 11.0. The molecule has 1 aromatic rings. The highest BCUT2D eigenvalue weighted by atomic mass is 16.5. The summed E-state index contributed by atoms with van der Waals surface area (Å²) in [6, 6.07) is 7.99. The number of hydrogen-bond donors (Lipinski definition) is 2. The predicted octanol–water partition coefficient (Wildman–Crippen LogP) is 0.512. The summed E-state index contributed by atoms with van der Waals surface area (Å²) in [4.78, 5) is 21.6. The third-order valence-corrected chi connectivity index (χ3v) is 1.64. The van der Waals surface area contributed by atoms with E-state index < -0.39 is 12.0 Å². The van der Waals surface area contributed by atoms with Gasteiger partial charge in [-0.15, -0.1) is 0 Å². The number of benzene rings is 1. The summed E-state index contributed by atoms with van der Waals surface area (Å²) in [5.74, 6) is -0.415. The van der Waals surface area contributed by atoms with Crippen molar-refractivity contribution in [1.82, 2.24) is 5.32 Å².